The molecule has 3 rings (SSSR count). The van der Waals surface area contributed by atoms with Crippen molar-refractivity contribution >= 4 is 28.1 Å². The summed E-state index contributed by atoms with van der Waals surface area (Å²) in [4.78, 5) is 0. The molecule has 0 radical (unpaired) electrons. The fourth-order valence-corrected chi connectivity index (χ4v) is 2.50. The first kappa shape index (κ1) is 13.1. The van der Waals surface area contributed by atoms with Crippen LogP contribution >= 0.6 is 15.9 Å². The Hall–Kier alpha value is -1.94. The number of hydrogen-bond donors (Lipinski definition) is 0. The van der Waals surface area contributed by atoms with Crippen LogP contribution < -0.4 is 14.2 Å². The van der Waals surface area contributed by atoms with Crippen LogP contribution in [0.5, 0.6) is 17.2 Å². The number of halogens is 1. The highest BCUT2D eigenvalue weighted by molar-refractivity contribution is 9.10. The van der Waals surface area contributed by atoms with Crippen molar-refractivity contribution in [2.75, 3.05) is 13.9 Å². The van der Waals surface area contributed by atoms with Gasteiger partial charge in [0.25, 0.3) is 0 Å². The molecule has 2 aromatic rings. The third-order valence-electron chi connectivity index (χ3n) is 3.07. The van der Waals surface area contributed by atoms with Crippen molar-refractivity contribution in [2.45, 2.75) is 0 Å². The van der Waals surface area contributed by atoms with Crippen molar-refractivity contribution < 1.29 is 14.2 Å². The van der Waals surface area contributed by atoms with Gasteiger partial charge in [-0.1, -0.05) is 46.3 Å². The van der Waals surface area contributed by atoms with E-state index in [1.54, 1.807) is 7.11 Å². The molecule has 0 aliphatic carbocycles. The number of methoxy groups -OCH3 is 1. The average Bonchev–Trinajstić information content (AvgIpc) is 2.92. The van der Waals surface area contributed by atoms with Gasteiger partial charge in [0.1, 0.15) is 5.75 Å². The van der Waals surface area contributed by atoms with E-state index in [-0.39, 0.29) is 6.79 Å². The molecule has 0 bridgehead atoms. The largest absolute Gasteiger partial charge is 0.496 e. The summed E-state index contributed by atoms with van der Waals surface area (Å²) in [7, 11) is 1.67. The smallest absolute Gasteiger partial charge is 0.231 e. The molecule has 102 valence electrons. The fourth-order valence-electron chi connectivity index (χ4n) is 2.04. The first-order chi connectivity index (χ1) is 9.78. The first-order valence-electron chi connectivity index (χ1n) is 6.18. The van der Waals surface area contributed by atoms with Crippen molar-refractivity contribution in [1.82, 2.24) is 0 Å². The lowest BCUT2D eigenvalue weighted by atomic mass is 10.1. The van der Waals surface area contributed by atoms with Gasteiger partial charge >= 0.3 is 0 Å². The number of ether oxygens (including phenoxy) is 3. The van der Waals surface area contributed by atoms with Crippen molar-refractivity contribution in [3.05, 3.63) is 52.0 Å². The molecule has 0 saturated heterocycles. The van der Waals surface area contributed by atoms with E-state index in [1.165, 1.54) is 0 Å². The topological polar surface area (TPSA) is 27.7 Å². The SMILES string of the molecule is COc1ccccc1/C=C/c1cc2c(cc1Br)OCO2. The van der Waals surface area contributed by atoms with Crippen LogP contribution in [-0.2, 0) is 0 Å². The van der Waals surface area contributed by atoms with Crippen LogP contribution in [0.15, 0.2) is 40.9 Å². The van der Waals surface area contributed by atoms with Crippen molar-refractivity contribution in [3.8, 4) is 17.2 Å². The monoisotopic (exact) mass is 332 g/mol. The normalized spacial score (nSPS) is 12.9. The molecule has 20 heavy (non-hydrogen) atoms. The zero-order valence-electron chi connectivity index (χ0n) is 10.9. The Morgan fingerprint density at radius 2 is 1.75 bits per heavy atom. The average molecular weight is 333 g/mol. The molecular formula is C16H13BrO3. The van der Waals surface area contributed by atoms with E-state index in [4.69, 9.17) is 14.2 Å². The number of rotatable bonds is 3. The van der Waals surface area contributed by atoms with E-state index < -0.39 is 0 Å². The summed E-state index contributed by atoms with van der Waals surface area (Å²) in [6.45, 7) is 0.279. The van der Waals surface area contributed by atoms with Crippen LogP contribution in [0.1, 0.15) is 11.1 Å². The fraction of sp³-hybridized carbons (Fsp3) is 0.125. The maximum absolute atomic E-state index is 5.39. The summed E-state index contributed by atoms with van der Waals surface area (Å²) < 4.78 is 17.0. The third kappa shape index (κ3) is 2.51. The zero-order valence-corrected chi connectivity index (χ0v) is 12.5. The molecule has 4 heteroatoms. The minimum atomic E-state index is 0.279. The minimum absolute atomic E-state index is 0.279. The highest BCUT2D eigenvalue weighted by Gasteiger charge is 2.15. The lowest BCUT2D eigenvalue weighted by molar-refractivity contribution is 0.174. The second-order valence-corrected chi connectivity index (χ2v) is 5.16. The van der Waals surface area contributed by atoms with Gasteiger partial charge in [-0.2, -0.15) is 0 Å². The van der Waals surface area contributed by atoms with E-state index in [2.05, 4.69) is 15.9 Å². The van der Waals surface area contributed by atoms with Gasteiger partial charge in [-0.05, 0) is 23.8 Å². The molecule has 0 spiro atoms. The van der Waals surface area contributed by atoms with Gasteiger partial charge in [-0.25, -0.2) is 0 Å². The maximum atomic E-state index is 5.39. The van der Waals surface area contributed by atoms with Crippen LogP contribution in [0.4, 0.5) is 0 Å². The molecule has 1 heterocycles. The first-order valence-corrected chi connectivity index (χ1v) is 6.97. The molecule has 0 N–H and O–H groups in total. The maximum Gasteiger partial charge on any atom is 0.231 e. The molecule has 0 amide bonds. The van der Waals surface area contributed by atoms with Gasteiger partial charge in [0.05, 0.1) is 7.11 Å². The molecule has 0 fully saturated rings. The Labute approximate surface area is 125 Å². The zero-order chi connectivity index (χ0) is 13.9. The van der Waals surface area contributed by atoms with Crippen LogP contribution in [0, 0.1) is 0 Å². The molecule has 1 aliphatic heterocycles. The van der Waals surface area contributed by atoms with E-state index >= 15 is 0 Å². The summed E-state index contributed by atoms with van der Waals surface area (Å²) in [6.07, 6.45) is 4.03. The van der Waals surface area contributed by atoms with Crippen molar-refractivity contribution in [3.63, 3.8) is 0 Å². The highest BCUT2D eigenvalue weighted by atomic mass is 79.9. The standard InChI is InChI=1S/C16H13BrO3/c1-18-14-5-3-2-4-11(14)6-7-12-8-15-16(9-13(12)17)20-10-19-15/h2-9H,10H2,1H3/b7-6+. The molecule has 0 saturated carbocycles. The van der Waals surface area contributed by atoms with Gasteiger partial charge in [-0.3, -0.25) is 0 Å². The molecule has 0 unspecified atom stereocenters. The Bertz CT molecular complexity index is 665. The third-order valence-corrected chi connectivity index (χ3v) is 3.76. The van der Waals surface area contributed by atoms with Crippen LogP contribution in [0.2, 0.25) is 0 Å². The van der Waals surface area contributed by atoms with Gasteiger partial charge in [0.2, 0.25) is 6.79 Å². The molecule has 3 nitrogen and oxygen atoms in total. The van der Waals surface area contributed by atoms with E-state index in [1.807, 2.05) is 48.6 Å². The highest BCUT2D eigenvalue weighted by Crippen LogP contribution is 2.37. The molecule has 1 aliphatic rings. The quantitative estimate of drug-likeness (QED) is 0.782. The number of para-hydroxylation sites is 1. The molecule has 0 aromatic heterocycles. The molecular weight excluding hydrogens is 320 g/mol. The second-order valence-electron chi connectivity index (χ2n) is 4.30. The number of hydrogen-bond acceptors (Lipinski definition) is 3. The predicted molar refractivity (Wildman–Crippen MR) is 82.2 cm³/mol. The van der Waals surface area contributed by atoms with Crippen molar-refractivity contribution in [2.24, 2.45) is 0 Å². The lowest BCUT2D eigenvalue weighted by Gasteiger charge is -2.04. The Balaban J connectivity index is 1.93. The van der Waals surface area contributed by atoms with Crippen LogP contribution in [0.3, 0.4) is 0 Å². The Kier molecular flexibility index (Phi) is 3.65. The number of benzene rings is 2. The summed E-state index contributed by atoms with van der Waals surface area (Å²) in [5, 5.41) is 0. The summed E-state index contributed by atoms with van der Waals surface area (Å²) in [5.41, 5.74) is 2.06. The van der Waals surface area contributed by atoms with Gasteiger partial charge in [-0.15, -0.1) is 0 Å². The summed E-state index contributed by atoms with van der Waals surface area (Å²) in [5.74, 6) is 2.39. The van der Waals surface area contributed by atoms with E-state index in [0.29, 0.717) is 0 Å². The van der Waals surface area contributed by atoms with Gasteiger partial charge in [0, 0.05) is 10.0 Å². The number of fused-ring (bicyclic) bond motifs is 1. The van der Waals surface area contributed by atoms with Crippen molar-refractivity contribution in [1.29, 1.82) is 0 Å². The minimum Gasteiger partial charge on any atom is -0.496 e. The predicted octanol–water partition coefficient (Wildman–Crippen LogP) is 4.36. The Morgan fingerprint density at radius 3 is 2.55 bits per heavy atom. The van der Waals surface area contributed by atoms with Crippen LogP contribution in [0.25, 0.3) is 12.2 Å². The van der Waals surface area contributed by atoms with E-state index in [0.717, 1.165) is 32.8 Å². The molecule has 0 atom stereocenters. The van der Waals surface area contributed by atoms with E-state index in [9.17, 15) is 0 Å². The van der Waals surface area contributed by atoms with Crippen LogP contribution in [-0.4, -0.2) is 13.9 Å². The van der Waals surface area contributed by atoms with Gasteiger partial charge in [0.15, 0.2) is 11.5 Å². The lowest BCUT2D eigenvalue weighted by Crippen LogP contribution is -1.92. The Morgan fingerprint density at radius 1 is 1.05 bits per heavy atom. The molecule has 2 aromatic carbocycles. The second kappa shape index (κ2) is 5.59. The summed E-state index contributed by atoms with van der Waals surface area (Å²) in [6, 6.07) is 11.8. The summed E-state index contributed by atoms with van der Waals surface area (Å²) >= 11 is 3.54. The van der Waals surface area contributed by atoms with Gasteiger partial charge < -0.3 is 14.2 Å².